The topological polar surface area (TPSA) is 105 Å². The summed E-state index contributed by atoms with van der Waals surface area (Å²) in [7, 11) is 0.500. The average Bonchev–Trinajstić information content (AvgIpc) is 3.48. The van der Waals surface area contributed by atoms with Crippen LogP contribution in [0.3, 0.4) is 0 Å². The number of carbonyl (C=O) groups is 1. The molecule has 1 aliphatic carbocycles. The lowest BCUT2D eigenvalue weighted by Gasteiger charge is -2.11. The lowest BCUT2D eigenvalue weighted by molar-refractivity contribution is -0.127. The van der Waals surface area contributed by atoms with Crippen LogP contribution in [-0.2, 0) is 11.3 Å². The first-order valence-electron chi connectivity index (χ1n) is 8.17. The quantitative estimate of drug-likeness (QED) is 0.297. The van der Waals surface area contributed by atoms with E-state index in [1.54, 1.807) is 24.3 Å². The van der Waals surface area contributed by atoms with Gasteiger partial charge in [-0.2, -0.15) is 10.1 Å². The molecule has 0 aromatic heterocycles. The third-order valence-corrected chi connectivity index (χ3v) is 3.35. The van der Waals surface area contributed by atoms with Crippen LogP contribution >= 0.6 is 0 Å². The Balaban J connectivity index is 0. The summed E-state index contributed by atoms with van der Waals surface area (Å²) in [6.45, 7) is 1.04. The SMILES string of the molecule is CF.C[C@@H](F)C(=O)N=C(N)c1ccc(CN)cc1.ON(CC(F)F)C1CC1.[HH]. The van der Waals surface area contributed by atoms with Crippen molar-refractivity contribution >= 4 is 11.7 Å². The van der Waals surface area contributed by atoms with Gasteiger partial charge in [-0.15, -0.1) is 0 Å². The van der Waals surface area contributed by atoms with E-state index in [-0.39, 0.29) is 13.3 Å². The number of amides is 1. The Labute approximate surface area is 157 Å². The van der Waals surface area contributed by atoms with Crippen molar-refractivity contribution in [3.63, 3.8) is 0 Å². The molecule has 0 bridgehead atoms. The molecule has 6 nitrogen and oxygen atoms in total. The highest BCUT2D eigenvalue weighted by atomic mass is 19.3. The molecule has 10 heteroatoms. The highest BCUT2D eigenvalue weighted by molar-refractivity contribution is 6.04. The van der Waals surface area contributed by atoms with Gasteiger partial charge in [0.05, 0.1) is 13.7 Å². The van der Waals surface area contributed by atoms with E-state index in [0.717, 1.165) is 30.4 Å². The highest BCUT2D eigenvalue weighted by Crippen LogP contribution is 2.25. The van der Waals surface area contributed by atoms with Crippen LogP contribution in [0, 0.1) is 0 Å². The monoisotopic (exact) mass is 396 g/mol. The second kappa shape index (κ2) is 13.2. The zero-order valence-corrected chi connectivity index (χ0v) is 15.3. The minimum Gasteiger partial charge on any atom is -0.383 e. The molecule has 5 N–H and O–H groups in total. The van der Waals surface area contributed by atoms with E-state index in [4.69, 9.17) is 16.7 Å². The van der Waals surface area contributed by atoms with Crippen LogP contribution in [0.25, 0.3) is 0 Å². The van der Waals surface area contributed by atoms with Gasteiger partial charge in [0, 0.05) is 19.6 Å². The molecular formula is C17H28F4N4O2. The number of nitrogens with two attached hydrogens (primary N) is 2. The molecule has 1 aliphatic rings. The summed E-state index contributed by atoms with van der Waals surface area (Å²) in [4.78, 5) is 14.4. The highest BCUT2D eigenvalue weighted by Gasteiger charge is 2.29. The smallest absolute Gasteiger partial charge is 0.281 e. The molecule has 0 heterocycles. The summed E-state index contributed by atoms with van der Waals surface area (Å²) in [6.07, 6.45) is -2.36. The van der Waals surface area contributed by atoms with E-state index in [2.05, 4.69) is 4.99 Å². The predicted molar refractivity (Wildman–Crippen MR) is 97.3 cm³/mol. The lowest BCUT2D eigenvalue weighted by Crippen LogP contribution is -2.27. The second-order valence-corrected chi connectivity index (χ2v) is 5.60. The van der Waals surface area contributed by atoms with Crippen LogP contribution in [0.1, 0.15) is 32.3 Å². The maximum Gasteiger partial charge on any atom is 0.281 e. The number of carbonyl (C=O) groups excluding carboxylic acids is 1. The van der Waals surface area contributed by atoms with Crippen LogP contribution in [0.5, 0.6) is 0 Å². The predicted octanol–water partition coefficient (Wildman–Crippen LogP) is 2.67. The summed E-state index contributed by atoms with van der Waals surface area (Å²) in [5, 5.41) is 9.44. The molecule has 1 atom stereocenters. The number of amidine groups is 1. The first kappa shape index (κ1) is 25.0. The summed E-state index contributed by atoms with van der Waals surface area (Å²) >= 11 is 0. The van der Waals surface area contributed by atoms with Gasteiger partial charge < -0.3 is 16.7 Å². The maximum absolute atomic E-state index is 12.6. The molecular weight excluding hydrogens is 368 g/mol. The molecule has 0 spiro atoms. The van der Waals surface area contributed by atoms with Gasteiger partial charge in [-0.05, 0) is 25.3 Å². The average molecular weight is 396 g/mol. The third kappa shape index (κ3) is 10.6. The molecule has 1 amide bonds. The molecule has 27 heavy (non-hydrogen) atoms. The number of hydrogen-bond acceptors (Lipinski definition) is 4. The molecule has 156 valence electrons. The summed E-state index contributed by atoms with van der Waals surface area (Å²) in [5.74, 6) is -0.863. The molecule has 1 saturated carbocycles. The van der Waals surface area contributed by atoms with Gasteiger partial charge in [-0.1, -0.05) is 24.3 Å². The van der Waals surface area contributed by atoms with E-state index in [1.165, 1.54) is 0 Å². The molecule has 0 saturated heterocycles. The number of rotatable bonds is 6. The molecule has 2 rings (SSSR count). The number of alkyl halides is 4. The van der Waals surface area contributed by atoms with Gasteiger partial charge in [0.2, 0.25) is 0 Å². The van der Waals surface area contributed by atoms with Crippen molar-refractivity contribution in [2.75, 3.05) is 13.7 Å². The van der Waals surface area contributed by atoms with E-state index in [0.29, 0.717) is 19.3 Å². The molecule has 0 radical (unpaired) electrons. The molecule has 1 aromatic carbocycles. The standard InChI is InChI=1S/C11H14FN3O.C5H9F2NO.CH3F.H2/c1-7(12)11(16)15-10(14)9-4-2-8(6-13)3-5-9;6-5(7)3-8(9)4-1-2-4;1-2;/h2-5,7H,6,13H2,1H3,(H2,14,15,16);4-5,9H,1-3H2;1H3;1H/t7-;;;/m1.../s1. The molecule has 0 aliphatic heterocycles. The van der Waals surface area contributed by atoms with E-state index in [1.807, 2.05) is 0 Å². The van der Waals surface area contributed by atoms with Crippen molar-refractivity contribution in [3.8, 4) is 0 Å². The number of benzene rings is 1. The Morgan fingerprint density at radius 3 is 2.19 bits per heavy atom. The minimum absolute atomic E-state index is 0. The van der Waals surface area contributed by atoms with E-state index < -0.39 is 25.0 Å². The van der Waals surface area contributed by atoms with Gasteiger partial charge in [-0.3, -0.25) is 9.18 Å². The Bertz CT molecular complexity index is 585. The van der Waals surface area contributed by atoms with Crippen molar-refractivity contribution in [2.45, 2.75) is 44.9 Å². The lowest BCUT2D eigenvalue weighted by atomic mass is 10.1. The van der Waals surface area contributed by atoms with Crippen molar-refractivity contribution in [1.82, 2.24) is 5.06 Å². The first-order chi connectivity index (χ1) is 12.7. The van der Waals surface area contributed by atoms with E-state index in [9.17, 15) is 22.4 Å². The van der Waals surface area contributed by atoms with Crippen molar-refractivity contribution in [1.29, 1.82) is 0 Å². The van der Waals surface area contributed by atoms with Crippen LogP contribution in [0.4, 0.5) is 17.6 Å². The largest absolute Gasteiger partial charge is 0.383 e. The van der Waals surface area contributed by atoms with Crippen LogP contribution < -0.4 is 11.5 Å². The van der Waals surface area contributed by atoms with Gasteiger partial charge in [-0.25, -0.2) is 13.2 Å². The van der Waals surface area contributed by atoms with Gasteiger partial charge in [0.25, 0.3) is 12.3 Å². The number of hydrogen-bond donors (Lipinski definition) is 3. The van der Waals surface area contributed by atoms with Crippen LogP contribution in [0.2, 0.25) is 0 Å². The summed E-state index contributed by atoms with van der Waals surface area (Å²) in [6, 6.07) is 6.95. The fourth-order valence-corrected chi connectivity index (χ4v) is 1.75. The number of hydroxylamine groups is 2. The Kier molecular flexibility index (Phi) is 12.2. The Hall–Kier alpha value is -2.04. The maximum atomic E-state index is 12.6. The second-order valence-electron chi connectivity index (χ2n) is 5.60. The third-order valence-electron chi connectivity index (χ3n) is 3.35. The van der Waals surface area contributed by atoms with Crippen molar-refractivity contribution < 1.29 is 29.0 Å². The number of halogens is 4. The normalized spacial score (nSPS) is 14.8. The Morgan fingerprint density at radius 1 is 1.30 bits per heavy atom. The number of nitrogens with zero attached hydrogens (tertiary/aromatic N) is 2. The van der Waals surface area contributed by atoms with Crippen LogP contribution in [-0.4, -0.2) is 54.4 Å². The van der Waals surface area contributed by atoms with E-state index >= 15 is 0 Å². The van der Waals surface area contributed by atoms with Gasteiger partial charge in [0.15, 0.2) is 6.17 Å². The fraction of sp³-hybridized carbons (Fsp3) is 0.529. The van der Waals surface area contributed by atoms with Gasteiger partial charge >= 0.3 is 0 Å². The zero-order chi connectivity index (χ0) is 21.0. The summed E-state index contributed by atoms with van der Waals surface area (Å²) < 4.78 is 45.0. The molecule has 1 aromatic rings. The van der Waals surface area contributed by atoms with Crippen molar-refractivity contribution in [3.05, 3.63) is 35.4 Å². The fourth-order valence-electron chi connectivity index (χ4n) is 1.75. The summed E-state index contributed by atoms with van der Waals surface area (Å²) in [5.41, 5.74) is 12.5. The van der Waals surface area contributed by atoms with Crippen molar-refractivity contribution in [2.24, 2.45) is 16.5 Å². The first-order valence-corrected chi connectivity index (χ1v) is 8.17. The molecule has 1 fully saturated rings. The minimum atomic E-state index is -2.42. The Morgan fingerprint density at radius 2 is 1.81 bits per heavy atom. The number of aliphatic imine (C=N–C) groups is 1. The molecule has 0 unspecified atom stereocenters. The zero-order valence-electron chi connectivity index (χ0n) is 15.3. The van der Waals surface area contributed by atoms with Crippen LogP contribution in [0.15, 0.2) is 29.3 Å². The van der Waals surface area contributed by atoms with Gasteiger partial charge in [0.1, 0.15) is 5.84 Å².